The molecule has 0 N–H and O–H groups in total. The molecule has 0 bridgehead atoms. The summed E-state index contributed by atoms with van der Waals surface area (Å²) in [7, 11) is 0. The van der Waals surface area contributed by atoms with E-state index in [0.717, 1.165) is 28.1 Å². The predicted molar refractivity (Wildman–Crippen MR) is 109 cm³/mol. The van der Waals surface area contributed by atoms with Crippen molar-refractivity contribution in [2.75, 3.05) is 4.90 Å². The molecule has 136 valence electrons. The maximum absolute atomic E-state index is 13.0. The van der Waals surface area contributed by atoms with Crippen molar-refractivity contribution in [1.82, 2.24) is 0 Å². The second-order valence-electron chi connectivity index (χ2n) is 6.98. The third-order valence-electron chi connectivity index (χ3n) is 4.96. The van der Waals surface area contributed by atoms with E-state index >= 15 is 0 Å². The van der Waals surface area contributed by atoms with Crippen LogP contribution in [0.5, 0.6) is 5.75 Å². The lowest BCUT2D eigenvalue weighted by Gasteiger charge is -2.34. The summed E-state index contributed by atoms with van der Waals surface area (Å²) in [5.41, 5.74) is 5.41. The lowest BCUT2D eigenvalue weighted by molar-refractivity contribution is -0.126. The molecule has 0 fully saturated rings. The van der Waals surface area contributed by atoms with E-state index in [2.05, 4.69) is 36.4 Å². The van der Waals surface area contributed by atoms with Gasteiger partial charge >= 0.3 is 0 Å². The average Bonchev–Trinajstić information content (AvgIpc) is 2.70. The number of benzene rings is 3. The van der Waals surface area contributed by atoms with Crippen LogP contribution in [-0.4, -0.2) is 12.0 Å². The summed E-state index contributed by atoms with van der Waals surface area (Å²) in [5.74, 6) is 0.819. The van der Waals surface area contributed by atoms with Gasteiger partial charge in [0.05, 0.1) is 12.2 Å². The number of rotatable bonds is 4. The molecule has 0 aliphatic carbocycles. The van der Waals surface area contributed by atoms with Crippen LogP contribution in [0.1, 0.15) is 24.5 Å². The quantitative estimate of drug-likeness (QED) is 0.628. The normalized spacial score (nSPS) is 16.0. The minimum atomic E-state index is -0.420. The van der Waals surface area contributed by atoms with Gasteiger partial charge in [-0.1, -0.05) is 61.5 Å². The second-order valence-corrected chi connectivity index (χ2v) is 6.98. The smallest absolute Gasteiger partial charge is 0.268 e. The molecule has 3 heteroatoms. The highest BCUT2D eigenvalue weighted by Crippen LogP contribution is 2.36. The number of ether oxygens (including phenoxy) is 1. The van der Waals surface area contributed by atoms with Crippen LogP contribution in [-0.2, 0) is 11.3 Å². The maximum atomic E-state index is 13.0. The van der Waals surface area contributed by atoms with Crippen LogP contribution in [0, 0.1) is 6.92 Å². The third-order valence-corrected chi connectivity index (χ3v) is 4.96. The van der Waals surface area contributed by atoms with Crippen LogP contribution in [0.25, 0.3) is 11.1 Å². The van der Waals surface area contributed by atoms with Crippen LogP contribution >= 0.6 is 0 Å². The van der Waals surface area contributed by atoms with Gasteiger partial charge in [0, 0.05) is 0 Å². The summed E-state index contributed by atoms with van der Waals surface area (Å²) >= 11 is 0. The summed E-state index contributed by atoms with van der Waals surface area (Å²) in [6.07, 6.45) is 0.240. The van der Waals surface area contributed by atoms with Crippen LogP contribution in [0.3, 0.4) is 0 Å². The van der Waals surface area contributed by atoms with E-state index in [1.165, 1.54) is 5.56 Å². The molecular weight excluding hydrogens is 334 g/mol. The fourth-order valence-corrected chi connectivity index (χ4v) is 3.52. The fourth-order valence-electron chi connectivity index (χ4n) is 3.52. The minimum Gasteiger partial charge on any atom is -0.478 e. The van der Waals surface area contributed by atoms with Gasteiger partial charge in [-0.3, -0.25) is 4.79 Å². The predicted octanol–water partition coefficient (Wildman–Crippen LogP) is 5.37. The molecule has 1 atom stereocenters. The number of carbonyl (C=O) groups excluding carboxylic acids is 1. The van der Waals surface area contributed by atoms with Gasteiger partial charge in [-0.15, -0.1) is 0 Å². The monoisotopic (exact) mass is 357 g/mol. The highest BCUT2D eigenvalue weighted by atomic mass is 16.5. The number of hydrogen-bond acceptors (Lipinski definition) is 2. The van der Waals surface area contributed by atoms with Crippen molar-refractivity contribution < 1.29 is 9.53 Å². The second kappa shape index (κ2) is 7.28. The van der Waals surface area contributed by atoms with Gasteiger partial charge in [-0.25, -0.2) is 0 Å². The third kappa shape index (κ3) is 3.45. The first kappa shape index (κ1) is 17.3. The Morgan fingerprint density at radius 3 is 2.48 bits per heavy atom. The number of carbonyl (C=O) groups is 1. The van der Waals surface area contributed by atoms with Crippen LogP contribution in [0.4, 0.5) is 5.69 Å². The highest BCUT2D eigenvalue weighted by Gasteiger charge is 2.33. The first-order chi connectivity index (χ1) is 13.2. The lowest BCUT2D eigenvalue weighted by atomic mass is 10.0. The van der Waals surface area contributed by atoms with Gasteiger partial charge in [0.2, 0.25) is 0 Å². The Morgan fingerprint density at radius 1 is 0.926 bits per heavy atom. The molecule has 3 nitrogen and oxygen atoms in total. The van der Waals surface area contributed by atoms with E-state index in [0.29, 0.717) is 13.0 Å². The summed E-state index contributed by atoms with van der Waals surface area (Å²) < 4.78 is 5.94. The van der Waals surface area contributed by atoms with E-state index < -0.39 is 6.10 Å². The molecule has 1 aliphatic rings. The molecule has 27 heavy (non-hydrogen) atoms. The van der Waals surface area contributed by atoms with Crippen molar-refractivity contribution in [3.63, 3.8) is 0 Å². The largest absolute Gasteiger partial charge is 0.478 e. The number of anilines is 1. The lowest BCUT2D eigenvalue weighted by Crippen LogP contribution is -2.45. The SMILES string of the molecule is CCC1Oc2cc(C)ccc2N(Cc2cccc(-c3ccccc3)c2)C1=O. The zero-order chi connectivity index (χ0) is 18.8. The Labute approximate surface area is 160 Å². The molecule has 1 aliphatic heterocycles. The van der Waals surface area contributed by atoms with Crippen molar-refractivity contribution in [3.05, 3.63) is 83.9 Å². The van der Waals surface area contributed by atoms with Gasteiger partial charge in [0.15, 0.2) is 6.10 Å². The average molecular weight is 357 g/mol. The van der Waals surface area contributed by atoms with E-state index in [1.807, 2.05) is 55.1 Å². The van der Waals surface area contributed by atoms with Crippen LogP contribution in [0.15, 0.2) is 72.8 Å². The molecule has 0 saturated carbocycles. The first-order valence-corrected chi connectivity index (χ1v) is 9.39. The van der Waals surface area contributed by atoms with Crippen LogP contribution in [0.2, 0.25) is 0 Å². The number of hydrogen-bond donors (Lipinski definition) is 0. The van der Waals surface area contributed by atoms with Gasteiger partial charge in [0.1, 0.15) is 5.75 Å². The summed E-state index contributed by atoms with van der Waals surface area (Å²) in [6, 6.07) is 24.7. The van der Waals surface area contributed by atoms with Gasteiger partial charge < -0.3 is 9.64 Å². The summed E-state index contributed by atoms with van der Waals surface area (Å²) in [4.78, 5) is 14.8. The molecule has 1 unspecified atom stereocenters. The first-order valence-electron chi connectivity index (χ1n) is 9.39. The molecule has 1 heterocycles. The van der Waals surface area contributed by atoms with Crippen molar-refractivity contribution >= 4 is 11.6 Å². The zero-order valence-corrected chi connectivity index (χ0v) is 15.7. The Bertz CT molecular complexity index is 965. The zero-order valence-electron chi connectivity index (χ0n) is 15.7. The van der Waals surface area contributed by atoms with Gasteiger partial charge in [0.25, 0.3) is 5.91 Å². The maximum Gasteiger partial charge on any atom is 0.268 e. The highest BCUT2D eigenvalue weighted by molar-refractivity contribution is 6.00. The van der Waals surface area contributed by atoms with Gasteiger partial charge in [-0.05, 0) is 53.8 Å². The number of nitrogens with zero attached hydrogens (tertiary/aromatic N) is 1. The topological polar surface area (TPSA) is 29.5 Å². The molecule has 0 saturated heterocycles. The Hall–Kier alpha value is -3.07. The minimum absolute atomic E-state index is 0.0268. The summed E-state index contributed by atoms with van der Waals surface area (Å²) in [6.45, 7) is 4.56. The number of aryl methyl sites for hydroxylation is 1. The standard InChI is InChI=1S/C24H23NO2/c1-3-22-24(26)25(21-13-12-17(2)14-23(21)27-22)16-18-8-7-11-20(15-18)19-9-5-4-6-10-19/h4-15,22H,3,16H2,1-2H3. The molecule has 0 spiro atoms. The molecule has 0 aromatic heterocycles. The Kier molecular flexibility index (Phi) is 4.68. The number of amides is 1. The molecule has 0 radical (unpaired) electrons. The van der Waals surface area contributed by atoms with E-state index in [4.69, 9.17) is 4.74 Å². The van der Waals surface area contributed by atoms with E-state index in [-0.39, 0.29) is 5.91 Å². The molecule has 1 amide bonds. The van der Waals surface area contributed by atoms with E-state index in [1.54, 1.807) is 0 Å². The summed E-state index contributed by atoms with van der Waals surface area (Å²) in [5, 5.41) is 0. The molecule has 4 rings (SSSR count). The van der Waals surface area contributed by atoms with E-state index in [9.17, 15) is 4.79 Å². The Morgan fingerprint density at radius 2 is 1.70 bits per heavy atom. The van der Waals surface area contributed by atoms with Crippen LogP contribution < -0.4 is 9.64 Å². The van der Waals surface area contributed by atoms with Crippen molar-refractivity contribution in [2.24, 2.45) is 0 Å². The van der Waals surface area contributed by atoms with Crippen molar-refractivity contribution in [3.8, 4) is 16.9 Å². The molecule has 3 aromatic carbocycles. The Balaban J connectivity index is 1.68. The number of fused-ring (bicyclic) bond motifs is 1. The van der Waals surface area contributed by atoms with Gasteiger partial charge in [-0.2, -0.15) is 0 Å². The molecule has 3 aromatic rings. The molecular formula is C24H23NO2. The fraction of sp³-hybridized carbons (Fsp3) is 0.208. The van der Waals surface area contributed by atoms with Crippen molar-refractivity contribution in [1.29, 1.82) is 0 Å². The van der Waals surface area contributed by atoms with Crippen molar-refractivity contribution in [2.45, 2.75) is 32.9 Å².